The van der Waals surface area contributed by atoms with Gasteiger partial charge in [0.2, 0.25) is 0 Å². The lowest BCUT2D eigenvalue weighted by Crippen LogP contribution is -2.28. The predicted molar refractivity (Wildman–Crippen MR) is 104 cm³/mol. The molecule has 24 heavy (non-hydrogen) atoms. The monoisotopic (exact) mass is 324 g/mol. The van der Waals surface area contributed by atoms with E-state index in [1.165, 1.54) is 28.7 Å². The third-order valence-electron chi connectivity index (χ3n) is 4.38. The zero-order chi connectivity index (χ0) is 17.4. The molecule has 1 atom stereocenters. The Balaban J connectivity index is 1.97. The Bertz CT molecular complexity index is 586. The van der Waals surface area contributed by atoms with E-state index in [1.54, 1.807) is 0 Å². The van der Waals surface area contributed by atoms with E-state index < -0.39 is 0 Å². The highest BCUT2D eigenvalue weighted by Crippen LogP contribution is 2.21. The number of nitrogens with one attached hydrogen (secondary N) is 1. The Morgan fingerprint density at radius 1 is 1.00 bits per heavy atom. The summed E-state index contributed by atoms with van der Waals surface area (Å²) in [5.74, 6) is 0. The molecule has 0 aliphatic carbocycles. The molecule has 0 bridgehead atoms. The van der Waals surface area contributed by atoms with Gasteiger partial charge in [-0.25, -0.2) is 0 Å². The summed E-state index contributed by atoms with van der Waals surface area (Å²) in [6.45, 7) is 9.77. The standard InChI is InChI=1S/C22H32N2/c1-5-12-23-22(21-15-18(2)14-19(3)16-21)11-13-24(4)17-20-9-7-6-8-10-20/h6-10,14-16,22-23H,5,11-13,17H2,1-4H3. The molecule has 0 aliphatic rings. The van der Waals surface area contributed by atoms with Crippen LogP contribution < -0.4 is 5.32 Å². The molecule has 0 saturated carbocycles. The van der Waals surface area contributed by atoms with Crippen LogP contribution in [0, 0.1) is 13.8 Å². The largest absolute Gasteiger partial charge is 0.310 e. The Hall–Kier alpha value is -1.64. The van der Waals surface area contributed by atoms with E-state index in [0.29, 0.717) is 6.04 Å². The van der Waals surface area contributed by atoms with Crippen molar-refractivity contribution in [3.8, 4) is 0 Å². The molecule has 0 spiro atoms. The van der Waals surface area contributed by atoms with Gasteiger partial charge >= 0.3 is 0 Å². The number of aryl methyl sites for hydroxylation is 2. The molecule has 0 fully saturated rings. The maximum absolute atomic E-state index is 3.73. The number of hydrogen-bond acceptors (Lipinski definition) is 2. The van der Waals surface area contributed by atoms with Crippen LogP contribution in [0.1, 0.15) is 48.1 Å². The fourth-order valence-electron chi connectivity index (χ4n) is 3.24. The van der Waals surface area contributed by atoms with Gasteiger partial charge in [-0.05, 0) is 58.0 Å². The van der Waals surface area contributed by atoms with Crippen LogP contribution in [0.4, 0.5) is 0 Å². The van der Waals surface area contributed by atoms with Crippen LogP contribution in [-0.4, -0.2) is 25.0 Å². The average molecular weight is 325 g/mol. The van der Waals surface area contributed by atoms with Gasteiger partial charge in [-0.2, -0.15) is 0 Å². The summed E-state index contributed by atoms with van der Waals surface area (Å²) >= 11 is 0. The summed E-state index contributed by atoms with van der Waals surface area (Å²) in [5, 5.41) is 3.73. The lowest BCUT2D eigenvalue weighted by Gasteiger charge is -2.24. The van der Waals surface area contributed by atoms with Crippen molar-refractivity contribution >= 4 is 0 Å². The van der Waals surface area contributed by atoms with E-state index in [-0.39, 0.29) is 0 Å². The van der Waals surface area contributed by atoms with Gasteiger partial charge in [0.25, 0.3) is 0 Å². The van der Waals surface area contributed by atoms with E-state index in [2.05, 4.69) is 86.6 Å². The van der Waals surface area contributed by atoms with Gasteiger partial charge in [-0.3, -0.25) is 0 Å². The SMILES string of the molecule is CCCNC(CCN(C)Cc1ccccc1)c1cc(C)cc(C)c1. The minimum atomic E-state index is 0.432. The minimum absolute atomic E-state index is 0.432. The molecule has 2 nitrogen and oxygen atoms in total. The van der Waals surface area contributed by atoms with Crippen LogP contribution in [0.5, 0.6) is 0 Å². The predicted octanol–water partition coefficient (Wildman–Crippen LogP) is 4.87. The Morgan fingerprint density at radius 2 is 1.67 bits per heavy atom. The molecule has 1 N–H and O–H groups in total. The van der Waals surface area contributed by atoms with Crippen LogP contribution in [0.15, 0.2) is 48.5 Å². The third kappa shape index (κ3) is 6.10. The van der Waals surface area contributed by atoms with E-state index >= 15 is 0 Å². The average Bonchev–Trinajstić information content (AvgIpc) is 2.55. The normalized spacial score (nSPS) is 12.5. The van der Waals surface area contributed by atoms with Crippen LogP contribution in [0.2, 0.25) is 0 Å². The van der Waals surface area contributed by atoms with Crippen molar-refractivity contribution in [3.05, 3.63) is 70.8 Å². The van der Waals surface area contributed by atoms with Gasteiger partial charge < -0.3 is 10.2 Å². The van der Waals surface area contributed by atoms with Crippen molar-refractivity contribution in [2.24, 2.45) is 0 Å². The Morgan fingerprint density at radius 3 is 2.29 bits per heavy atom. The first kappa shape index (κ1) is 18.7. The first-order valence-electron chi connectivity index (χ1n) is 9.12. The second-order valence-corrected chi connectivity index (χ2v) is 6.94. The van der Waals surface area contributed by atoms with Crippen molar-refractivity contribution < 1.29 is 0 Å². The van der Waals surface area contributed by atoms with Crippen LogP contribution in [0.3, 0.4) is 0 Å². The maximum atomic E-state index is 3.73. The van der Waals surface area contributed by atoms with E-state index in [0.717, 1.165) is 26.1 Å². The van der Waals surface area contributed by atoms with Gasteiger partial charge in [0, 0.05) is 12.6 Å². The molecule has 2 aromatic rings. The number of hydrogen-bond donors (Lipinski definition) is 1. The molecular formula is C22H32N2. The summed E-state index contributed by atoms with van der Waals surface area (Å²) in [7, 11) is 2.21. The molecule has 1 unspecified atom stereocenters. The van der Waals surface area contributed by atoms with E-state index in [4.69, 9.17) is 0 Å². The van der Waals surface area contributed by atoms with Crippen molar-refractivity contribution in [2.45, 2.75) is 46.2 Å². The van der Waals surface area contributed by atoms with Crippen molar-refractivity contribution in [1.29, 1.82) is 0 Å². The van der Waals surface area contributed by atoms with Crippen LogP contribution in [-0.2, 0) is 6.54 Å². The number of benzene rings is 2. The molecule has 0 aliphatic heterocycles. The molecule has 0 saturated heterocycles. The number of rotatable bonds is 9. The maximum Gasteiger partial charge on any atom is 0.0332 e. The zero-order valence-electron chi connectivity index (χ0n) is 15.7. The summed E-state index contributed by atoms with van der Waals surface area (Å²) < 4.78 is 0. The summed E-state index contributed by atoms with van der Waals surface area (Å²) in [6, 6.07) is 18.1. The molecule has 2 rings (SSSR count). The number of nitrogens with zero attached hydrogens (tertiary/aromatic N) is 1. The lowest BCUT2D eigenvalue weighted by atomic mass is 9.98. The summed E-state index contributed by atoms with van der Waals surface area (Å²) in [6.07, 6.45) is 2.30. The highest BCUT2D eigenvalue weighted by Gasteiger charge is 2.13. The molecule has 0 heterocycles. The molecule has 0 radical (unpaired) electrons. The zero-order valence-corrected chi connectivity index (χ0v) is 15.7. The molecule has 0 aromatic heterocycles. The van der Waals surface area contributed by atoms with Crippen LogP contribution in [0.25, 0.3) is 0 Å². The fraction of sp³-hybridized carbons (Fsp3) is 0.455. The molecular weight excluding hydrogens is 292 g/mol. The van der Waals surface area contributed by atoms with Gasteiger partial charge in [0.1, 0.15) is 0 Å². The van der Waals surface area contributed by atoms with Crippen molar-refractivity contribution in [2.75, 3.05) is 20.1 Å². The van der Waals surface area contributed by atoms with E-state index in [9.17, 15) is 0 Å². The molecule has 2 heteroatoms. The van der Waals surface area contributed by atoms with Crippen molar-refractivity contribution in [1.82, 2.24) is 10.2 Å². The summed E-state index contributed by atoms with van der Waals surface area (Å²) in [5.41, 5.74) is 5.51. The first-order chi connectivity index (χ1) is 11.6. The second kappa shape index (κ2) is 9.61. The fourth-order valence-corrected chi connectivity index (χ4v) is 3.24. The third-order valence-corrected chi connectivity index (χ3v) is 4.38. The van der Waals surface area contributed by atoms with E-state index in [1.807, 2.05) is 0 Å². The Kier molecular flexibility index (Phi) is 7.48. The highest BCUT2D eigenvalue weighted by molar-refractivity contribution is 5.30. The van der Waals surface area contributed by atoms with Gasteiger partial charge in [-0.15, -0.1) is 0 Å². The molecule has 130 valence electrons. The molecule has 0 amide bonds. The lowest BCUT2D eigenvalue weighted by molar-refractivity contribution is 0.300. The smallest absolute Gasteiger partial charge is 0.0332 e. The second-order valence-electron chi connectivity index (χ2n) is 6.94. The van der Waals surface area contributed by atoms with Crippen molar-refractivity contribution in [3.63, 3.8) is 0 Å². The summed E-state index contributed by atoms with van der Waals surface area (Å²) in [4.78, 5) is 2.42. The van der Waals surface area contributed by atoms with Gasteiger partial charge in [-0.1, -0.05) is 66.6 Å². The quantitative estimate of drug-likeness (QED) is 0.708. The van der Waals surface area contributed by atoms with Gasteiger partial charge in [0.15, 0.2) is 0 Å². The first-order valence-corrected chi connectivity index (χ1v) is 9.12. The Labute approximate surface area is 147 Å². The van der Waals surface area contributed by atoms with Crippen LogP contribution >= 0.6 is 0 Å². The topological polar surface area (TPSA) is 15.3 Å². The van der Waals surface area contributed by atoms with Gasteiger partial charge in [0.05, 0.1) is 0 Å². The highest BCUT2D eigenvalue weighted by atomic mass is 15.1. The minimum Gasteiger partial charge on any atom is -0.310 e. The molecule has 2 aromatic carbocycles.